The van der Waals surface area contributed by atoms with E-state index in [0.717, 1.165) is 0 Å². The molecule has 0 atom stereocenters. The first kappa shape index (κ1) is 25.4. The second-order valence-corrected chi connectivity index (χ2v) is 8.97. The normalized spacial score (nSPS) is 10.8. The number of ether oxygens (including phenoxy) is 1. The van der Waals surface area contributed by atoms with Crippen molar-refractivity contribution in [1.29, 1.82) is 5.26 Å². The van der Waals surface area contributed by atoms with Gasteiger partial charge < -0.3 is 15.2 Å². The van der Waals surface area contributed by atoms with Crippen molar-refractivity contribution in [3.05, 3.63) is 87.2 Å². The van der Waals surface area contributed by atoms with Gasteiger partial charge in [-0.25, -0.2) is 19.0 Å². The summed E-state index contributed by atoms with van der Waals surface area (Å²) < 4.78 is 20.4. The molecule has 0 saturated carbocycles. The van der Waals surface area contributed by atoms with E-state index in [1.165, 1.54) is 59.4 Å². The summed E-state index contributed by atoms with van der Waals surface area (Å²) in [5.74, 6) is -0.594. The average Bonchev–Trinajstić information content (AvgIpc) is 3.61. The van der Waals surface area contributed by atoms with Crippen LogP contribution in [0.3, 0.4) is 0 Å². The highest BCUT2D eigenvalue weighted by Gasteiger charge is 2.21. The SMILES string of the molecule is N#Cc1cc(-c2nc(NC(=O)c3ccc([N+](=O)[O-])s3)c3cnn(-c4ccc(F)cc4)c3n2)ccc1OCCO. The zero-order valence-corrected chi connectivity index (χ0v) is 20.6. The van der Waals surface area contributed by atoms with Gasteiger partial charge in [0.15, 0.2) is 11.5 Å². The molecule has 0 unspecified atom stereocenters. The number of fused-ring (bicyclic) bond motifs is 1. The number of rotatable bonds is 8. The van der Waals surface area contributed by atoms with Gasteiger partial charge >= 0.3 is 5.00 Å². The predicted octanol–water partition coefficient (Wildman–Crippen LogP) is 4.09. The predicted molar refractivity (Wildman–Crippen MR) is 138 cm³/mol. The number of benzene rings is 2. The van der Waals surface area contributed by atoms with E-state index in [9.17, 15) is 24.6 Å². The molecule has 2 aromatic carbocycles. The fraction of sp³-hybridized carbons (Fsp3) is 0.0800. The number of nitrogens with zero attached hydrogens (tertiary/aromatic N) is 6. The number of halogens is 1. The van der Waals surface area contributed by atoms with Gasteiger partial charge in [0.25, 0.3) is 5.91 Å². The lowest BCUT2D eigenvalue weighted by atomic mass is 10.1. The van der Waals surface area contributed by atoms with Gasteiger partial charge in [0, 0.05) is 11.6 Å². The van der Waals surface area contributed by atoms with Crippen LogP contribution < -0.4 is 10.1 Å². The average molecular weight is 546 g/mol. The van der Waals surface area contributed by atoms with Crippen LogP contribution in [-0.4, -0.2) is 48.9 Å². The number of nitro groups is 1. The van der Waals surface area contributed by atoms with E-state index in [4.69, 9.17) is 9.84 Å². The number of aromatic nitrogens is 4. The highest BCUT2D eigenvalue weighted by molar-refractivity contribution is 7.17. The molecular weight excluding hydrogens is 529 g/mol. The third kappa shape index (κ3) is 5.12. The van der Waals surface area contributed by atoms with Gasteiger partial charge in [-0.1, -0.05) is 11.3 Å². The van der Waals surface area contributed by atoms with Gasteiger partial charge in [0.05, 0.1) is 39.2 Å². The highest BCUT2D eigenvalue weighted by Crippen LogP contribution is 2.31. The van der Waals surface area contributed by atoms with E-state index in [1.807, 2.05) is 6.07 Å². The largest absolute Gasteiger partial charge is 0.490 e. The summed E-state index contributed by atoms with van der Waals surface area (Å²) in [6.07, 6.45) is 1.43. The number of aliphatic hydroxyl groups excluding tert-OH is 1. The molecule has 0 aliphatic rings. The molecule has 0 fully saturated rings. The molecule has 0 bridgehead atoms. The van der Waals surface area contributed by atoms with Crippen LogP contribution in [0.5, 0.6) is 5.75 Å². The van der Waals surface area contributed by atoms with Crippen LogP contribution in [0.1, 0.15) is 15.2 Å². The Morgan fingerprint density at radius 2 is 2.00 bits per heavy atom. The molecule has 0 aliphatic heterocycles. The second kappa shape index (κ2) is 10.6. The molecule has 2 N–H and O–H groups in total. The number of carbonyl (C=O) groups is 1. The molecule has 0 radical (unpaired) electrons. The lowest BCUT2D eigenvalue weighted by Gasteiger charge is -2.11. The van der Waals surface area contributed by atoms with Gasteiger partial charge in [-0.3, -0.25) is 14.9 Å². The summed E-state index contributed by atoms with van der Waals surface area (Å²) in [6, 6.07) is 14.8. The van der Waals surface area contributed by atoms with Crippen molar-refractivity contribution in [3.63, 3.8) is 0 Å². The molecule has 1 amide bonds. The monoisotopic (exact) mass is 545 g/mol. The Morgan fingerprint density at radius 3 is 2.69 bits per heavy atom. The van der Waals surface area contributed by atoms with Crippen LogP contribution in [0.4, 0.5) is 15.2 Å². The maximum Gasteiger partial charge on any atom is 0.324 e. The van der Waals surface area contributed by atoms with E-state index in [1.54, 1.807) is 6.07 Å². The number of hydrogen-bond acceptors (Lipinski definition) is 10. The van der Waals surface area contributed by atoms with Crippen LogP contribution in [0.25, 0.3) is 28.1 Å². The number of thiophene rings is 1. The van der Waals surface area contributed by atoms with E-state index >= 15 is 0 Å². The van der Waals surface area contributed by atoms with Gasteiger partial charge in [-0.05, 0) is 48.5 Å². The van der Waals surface area contributed by atoms with Crippen LogP contribution in [0.2, 0.25) is 0 Å². The van der Waals surface area contributed by atoms with Gasteiger partial charge in [0.1, 0.15) is 30.1 Å². The third-order valence-corrected chi connectivity index (χ3v) is 6.47. The van der Waals surface area contributed by atoms with Crippen molar-refractivity contribution in [1.82, 2.24) is 19.7 Å². The van der Waals surface area contributed by atoms with Crippen molar-refractivity contribution in [2.45, 2.75) is 0 Å². The quantitative estimate of drug-likeness (QED) is 0.215. The molecule has 0 spiro atoms. The van der Waals surface area contributed by atoms with Crippen LogP contribution in [0, 0.1) is 27.3 Å². The van der Waals surface area contributed by atoms with Crippen LogP contribution in [0.15, 0.2) is 60.8 Å². The Hall–Kier alpha value is -5.26. The zero-order valence-electron chi connectivity index (χ0n) is 19.7. The smallest absolute Gasteiger partial charge is 0.324 e. The molecule has 12 nitrogen and oxygen atoms in total. The zero-order chi connectivity index (χ0) is 27.5. The number of amides is 1. The topological polar surface area (TPSA) is 169 Å². The summed E-state index contributed by atoms with van der Waals surface area (Å²) in [7, 11) is 0. The molecule has 3 aromatic heterocycles. The Bertz CT molecular complexity index is 1760. The Morgan fingerprint density at radius 1 is 1.21 bits per heavy atom. The number of aliphatic hydroxyl groups is 1. The molecule has 0 saturated heterocycles. The maximum absolute atomic E-state index is 13.5. The standard InChI is InChI=1S/C25H16FN7O5S/c26-16-2-4-17(5-3-16)32-24-18(13-28-32)23(31-25(35)20-7-8-21(39-20)33(36)37)29-22(30-24)14-1-6-19(38-10-9-34)15(11-14)12-27/h1-8,11,13,34H,9-10H2,(H,29,30,31,35). The molecule has 14 heteroatoms. The van der Waals surface area contributed by atoms with Crippen LogP contribution >= 0.6 is 11.3 Å². The van der Waals surface area contributed by atoms with Crippen molar-refractivity contribution in [3.8, 4) is 28.9 Å². The fourth-order valence-electron chi connectivity index (χ4n) is 3.66. The van der Waals surface area contributed by atoms with Gasteiger partial charge in [-0.2, -0.15) is 10.4 Å². The first-order chi connectivity index (χ1) is 18.9. The second-order valence-electron chi connectivity index (χ2n) is 7.91. The minimum Gasteiger partial charge on any atom is -0.490 e. The minimum atomic E-state index is -0.626. The fourth-order valence-corrected chi connectivity index (χ4v) is 4.37. The molecule has 5 rings (SSSR count). The third-order valence-electron chi connectivity index (χ3n) is 5.43. The number of nitriles is 1. The summed E-state index contributed by atoms with van der Waals surface area (Å²) >= 11 is 0.712. The number of carbonyl (C=O) groups excluding carboxylic acids is 1. The van der Waals surface area contributed by atoms with Crippen LogP contribution in [-0.2, 0) is 0 Å². The first-order valence-corrected chi connectivity index (χ1v) is 12.0. The van der Waals surface area contributed by atoms with E-state index in [2.05, 4.69) is 20.4 Å². The Kier molecular flexibility index (Phi) is 6.91. The number of nitrogens with one attached hydrogen (secondary N) is 1. The highest BCUT2D eigenvalue weighted by atomic mass is 32.1. The molecule has 5 aromatic rings. The van der Waals surface area contributed by atoms with Crippen molar-refractivity contribution in [2.75, 3.05) is 18.5 Å². The lowest BCUT2D eigenvalue weighted by molar-refractivity contribution is -0.380. The summed E-state index contributed by atoms with van der Waals surface area (Å²) in [6.45, 7) is -0.222. The van der Waals surface area contributed by atoms with Crippen molar-refractivity contribution >= 4 is 39.1 Å². The minimum absolute atomic E-state index is 0.00437. The Balaban J connectivity index is 1.63. The molecule has 39 heavy (non-hydrogen) atoms. The summed E-state index contributed by atoms with van der Waals surface area (Å²) in [4.78, 5) is 32.6. The van der Waals surface area contributed by atoms with Gasteiger partial charge in [0.2, 0.25) is 0 Å². The van der Waals surface area contributed by atoms with E-state index in [0.29, 0.717) is 28.0 Å². The van der Waals surface area contributed by atoms with Crippen molar-refractivity contribution in [2.24, 2.45) is 0 Å². The maximum atomic E-state index is 13.5. The van der Waals surface area contributed by atoms with E-state index in [-0.39, 0.29) is 51.7 Å². The number of anilines is 1. The summed E-state index contributed by atoms with van der Waals surface area (Å²) in [5.41, 5.74) is 1.36. The van der Waals surface area contributed by atoms with Gasteiger partial charge in [-0.15, -0.1) is 0 Å². The molecule has 194 valence electrons. The van der Waals surface area contributed by atoms with E-state index < -0.39 is 16.6 Å². The molecular formula is C25H16FN7O5S. The first-order valence-electron chi connectivity index (χ1n) is 11.2. The molecule has 0 aliphatic carbocycles. The molecule has 3 heterocycles. The lowest BCUT2D eigenvalue weighted by Crippen LogP contribution is -2.13. The Labute approximate surface area is 222 Å². The number of hydrogen-bond donors (Lipinski definition) is 2. The summed E-state index contributed by atoms with van der Waals surface area (Å²) in [5, 5.41) is 36.9. The van der Waals surface area contributed by atoms with Crippen molar-refractivity contribution < 1.29 is 24.0 Å².